The maximum atomic E-state index is 15.0. The van der Waals surface area contributed by atoms with Crippen molar-refractivity contribution in [2.75, 3.05) is 36.4 Å². The topological polar surface area (TPSA) is 85.7 Å². The minimum Gasteiger partial charge on any atom is -0.444 e. The molecule has 198 valence electrons. The molecule has 2 aliphatic heterocycles. The predicted octanol–water partition coefficient (Wildman–Crippen LogP) is 5.79. The summed E-state index contributed by atoms with van der Waals surface area (Å²) >= 11 is 0. The molecular formula is C29H34BFN4O3. The van der Waals surface area contributed by atoms with E-state index in [4.69, 9.17) is 10.00 Å². The van der Waals surface area contributed by atoms with E-state index in [1.165, 1.54) is 11.6 Å². The van der Waals surface area contributed by atoms with Crippen molar-refractivity contribution in [3.05, 3.63) is 65.0 Å². The Labute approximate surface area is 224 Å². The molecule has 1 N–H and O–H groups in total. The third-order valence-corrected chi connectivity index (χ3v) is 6.91. The summed E-state index contributed by atoms with van der Waals surface area (Å²) in [5.74, 6) is 1.60. The van der Waals surface area contributed by atoms with Crippen LogP contribution in [0.15, 0.2) is 42.5 Å². The second-order valence-electron chi connectivity index (χ2n) is 10.9. The Kier molecular flexibility index (Phi) is 8.10. The van der Waals surface area contributed by atoms with Crippen LogP contribution in [0.3, 0.4) is 0 Å². The Morgan fingerprint density at radius 1 is 1.11 bits per heavy atom. The van der Waals surface area contributed by atoms with Gasteiger partial charge in [-0.25, -0.2) is 14.4 Å². The van der Waals surface area contributed by atoms with Crippen LogP contribution in [0.5, 0.6) is 0 Å². The van der Waals surface area contributed by atoms with Gasteiger partial charge in [-0.15, -0.1) is 0 Å². The first-order valence-corrected chi connectivity index (χ1v) is 13.1. The molecule has 0 spiro atoms. The van der Waals surface area contributed by atoms with E-state index in [1.54, 1.807) is 23.1 Å². The van der Waals surface area contributed by atoms with Crippen LogP contribution in [0.4, 0.5) is 20.6 Å². The smallest absolute Gasteiger partial charge is 0.410 e. The highest BCUT2D eigenvalue weighted by molar-refractivity contribution is 6.67. The number of hydrogen-bond donors (Lipinski definition) is 1. The summed E-state index contributed by atoms with van der Waals surface area (Å²) in [6.07, 6.45) is 4.22. The average Bonchev–Trinajstić information content (AvgIpc) is 2.88. The highest BCUT2D eigenvalue weighted by atomic mass is 19.1. The highest BCUT2D eigenvalue weighted by Crippen LogP contribution is 2.29. The number of amides is 2. The van der Waals surface area contributed by atoms with Crippen molar-refractivity contribution in [3.63, 3.8) is 0 Å². The van der Waals surface area contributed by atoms with Crippen molar-refractivity contribution >= 4 is 35.7 Å². The Morgan fingerprint density at radius 2 is 1.84 bits per heavy atom. The molecule has 2 heterocycles. The maximum absolute atomic E-state index is 15.0. The lowest BCUT2D eigenvalue weighted by molar-refractivity contribution is 0.0240. The fraction of sp³-hybridized carbons (Fsp3) is 0.414. The van der Waals surface area contributed by atoms with E-state index in [0.717, 1.165) is 30.2 Å². The maximum Gasteiger partial charge on any atom is 0.410 e. The van der Waals surface area contributed by atoms with Crippen molar-refractivity contribution in [2.24, 2.45) is 0 Å². The summed E-state index contributed by atoms with van der Waals surface area (Å²) in [5, 5.41) is 11.9. The normalized spacial score (nSPS) is 16.0. The minimum atomic E-state index is -0.559. The number of rotatable bonds is 4. The molecule has 0 saturated carbocycles. The first kappa shape index (κ1) is 27.2. The molecule has 0 bridgehead atoms. The van der Waals surface area contributed by atoms with Crippen LogP contribution in [0.25, 0.3) is 5.57 Å². The van der Waals surface area contributed by atoms with E-state index >= 15 is 4.39 Å². The summed E-state index contributed by atoms with van der Waals surface area (Å²) in [6, 6.07) is 10.4. The lowest BCUT2D eigenvalue weighted by atomic mass is 9.43. The number of anilines is 2. The number of hydrogen-bond acceptors (Lipinski definition) is 5. The van der Waals surface area contributed by atoms with Gasteiger partial charge in [-0.2, -0.15) is 0 Å². The van der Waals surface area contributed by atoms with Crippen molar-refractivity contribution < 1.29 is 18.7 Å². The number of benzene rings is 2. The Balaban J connectivity index is 1.37. The Bertz CT molecular complexity index is 1290. The van der Waals surface area contributed by atoms with Gasteiger partial charge in [-0.3, -0.25) is 4.79 Å². The van der Waals surface area contributed by atoms with Gasteiger partial charge >= 0.3 is 6.09 Å². The monoisotopic (exact) mass is 516 g/mol. The molecule has 0 unspecified atom stereocenters. The SMILES string of the molecule is Cc1cc(C2=CCB(C#N)CC2)ccc1C(=O)Nc1ccc(N2CCN(C(=O)OC(C)(C)C)CC2)c(F)c1. The number of carbonyl (C=O) groups is 2. The third-order valence-electron chi connectivity index (χ3n) is 6.91. The van der Waals surface area contributed by atoms with Gasteiger partial charge in [0.05, 0.1) is 5.69 Å². The predicted molar refractivity (Wildman–Crippen MR) is 149 cm³/mol. The fourth-order valence-corrected chi connectivity index (χ4v) is 4.83. The molecule has 7 nitrogen and oxygen atoms in total. The largest absolute Gasteiger partial charge is 0.444 e. The van der Waals surface area contributed by atoms with E-state index in [2.05, 4.69) is 17.4 Å². The molecule has 38 heavy (non-hydrogen) atoms. The van der Waals surface area contributed by atoms with Crippen LogP contribution in [0.2, 0.25) is 12.6 Å². The summed E-state index contributed by atoms with van der Waals surface area (Å²) in [5.41, 5.74) is 3.90. The van der Waals surface area contributed by atoms with Crippen LogP contribution in [-0.2, 0) is 4.74 Å². The fourth-order valence-electron chi connectivity index (χ4n) is 4.83. The van der Waals surface area contributed by atoms with Gasteiger partial charge < -0.3 is 19.9 Å². The zero-order valence-corrected chi connectivity index (χ0v) is 22.5. The van der Waals surface area contributed by atoms with Crippen molar-refractivity contribution in [1.82, 2.24) is 4.90 Å². The van der Waals surface area contributed by atoms with Crippen molar-refractivity contribution in [3.8, 4) is 5.97 Å². The number of piperazine rings is 1. The molecular weight excluding hydrogens is 482 g/mol. The number of nitrogens with one attached hydrogen (secondary N) is 1. The first-order valence-electron chi connectivity index (χ1n) is 13.1. The van der Waals surface area contributed by atoms with Crippen molar-refractivity contribution in [1.29, 1.82) is 5.26 Å². The highest BCUT2D eigenvalue weighted by Gasteiger charge is 2.27. The molecule has 1 saturated heterocycles. The molecule has 2 aromatic rings. The quantitative estimate of drug-likeness (QED) is 0.520. The summed E-state index contributed by atoms with van der Waals surface area (Å²) in [4.78, 5) is 28.8. The minimum absolute atomic E-state index is 0.0820. The molecule has 1 fully saturated rings. The van der Waals surface area contributed by atoms with Gasteiger partial charge in [0.15, 0.2) is 0 Å². The van der Waals surface area contributed by atoms with Gasteiger partial charge in [0.1, 0.15) is 11.4 Å². The summed E-state index contributed by atoms with van der Waals surface area (Å²) < 4.78 is 20.5. The third kappa shape index (κ3) is 6.55. The van der Waals surface area contributed by atoms with Crippen LogP contribution in [0, 0.1) is 24.0 Å². The Hall–Kier alpha value is -3.80. The molecule has 2 amide bonds. The number of halogens is 1. The van der Waals surface area contributed by atoms with Crippen molar-refractivity contribution in [2.45, 2.75) is 52.4 Å². The van der Waals surface area contributed by atoms with Crippen LogP contribution >= 0.6 is 0 Å². The van der Waals surface area contributed by atoms with Crippen LogP contribution in [0.1, 0.15) is 48.7 Å². The zero-order valence-electron chi connectivity index (χ0n) is 22.5. The first-order chi connectivity index (χ1) is 18.0. The Morgan fingerprint density at radius 3 is 2.42 bits per heavy atom. The number of aryl methyl sites for hydroxylation is 1. The number of allylic oxidation sites excluding steroid dienone is 2. The summed E-state index contributed by atoms with van der Waals surface area (Å²) in [6.45, 7) is 9.32. The molecule has 0 radical (unpaired) electrons. The lowest BCUT2D eigenvalue weighted by Gasteiger charge is -2.36. The molecule has 2 aliphatic rings. The van der Waals surface area contributed by atoms with Crippen LogP contribution < -0.4 is 10.2 Å². The van der Waals surface area contributed by atoms with E-state index in [9.17, 15) is 9.59 Å². The lowest BCUT2D eigenvalue weighted by Crippen LogP contribution is -2.50. The average molecular weight is 516 g/mol. The zero-order chi connectivity index (χ0) is 27.4. The van der Waals surface area contributed by atoms with E-state index in [1.807, 2.05) is 44.7 Å². The van der Waals surface area contributed by atoms with E-state index < -0.39 is 11.4 Å². The number of nitrogens with zero attached hydrogens (tertiary/aromatic N) is 3. The van der Waals surface area contributed by atoms with Gasteiger partial charge in [-0.05, 0) is 81.4 Å². The molecule has 9 heteroatoms. The number of nitriles is 1. The van der Waals surface area contributed by atoms with Gasteiger partial charge in [0.25, 0.3) is 12.6 Å². The van der Waals surface area contributed by atoms with Gasteiger partial charge in [0.2, 0.25) is 0 Å². The number of ether oxygens (including phenoxy) is 1. The molecule has 0 aromatic heterocycles. The van der Waals surface area contributed by atoms with E-state index in [0.29, 0.717) is 43.1 Å². The summed E-state index contributed by atoms with van der Waals surface area (Å²) in [7, 11) is 0. The van der Waals surface area contributed by atoms with Crippen LogP contribution in [-0.4, -0.2) is 55.4 Å². The van der Waals surface area contributed by atoms with Gasteiger partial charge in [-0.1, -0.05) is 24.5 Å². The molecule has 2 aromatic carbocycles. The molecule has 4 rings (SSSR count). The molecule has 0 aliphatic carbocycles. The number of carbonyl (C=O) groups excluding carboxylic acids is 2. The second kappa shape index (κ2) is 11.3. The second-order valence-corrected chi connectivity index (χ2v) is 10.9. The van der Waals surface area contributed by atoms with E-state index in [-0.39, 0.29) is 18.7 Å². The standard InChI is InChI=1S/C29H34BFN4O3/c1-20-17-22(21-9-11-30(19-32)12-10-21)5-7-24(20)27(36)33-23-6-8-26(25(31)18-23)34-13-15-35(16-14-34)28(37)38-29(2,3)4/h5-9,17-18H,10-16H2,1-4H3,(H,33,36). The van der Waals surface area contributed by atoms with Gasteiger partial charge in [0, 0.05) is 43.4 Å². The molecule has 0 atom stereocenters.